The van der Waals surface area contributed by atoms with Gasteiger partial charge in [0.15, 0.2) is 11.6 Å². The van der Waals surface area contributed by atoms with Gasteiger partial charge in [0.2, 0.25) is 0 Å². The molecule has 2 aliphatic heterocycles. The van der Waals surface area contributed by atoms with E-state index in [4.69, 9.17) is 18.9 Å². The van der Waals surface area contributed by atoms with Gasteiger partial charge in [-0.1, -0.05) is 45.1 Å². The number of nitrogens with one attached hydrogen (secondary N) is 1. The minimum absolute atomic E-state index is 0.0851. The topological polar surface area (TPSA) is 49.0 Å². The van der Waals surface area contributed by atoms with E-state index in [9.17, 15) is 0 Å². The maximum atomic E-state index is 6.09. The van der Waals surface area contributed by atoms with Crippen molar-refractivity contribution < 1.29 is 18.9 Å². The summed E-state index contributed by atoms with van der Waals surface area (Å²) in [4.78, 5) is 0. The summed E-state index contributed by atoms with van der Waals surface area (Å²) in [6.45, 7) is 12.7. The third kappa shape index (κ3) is 7.65. The summed E-state index contributed by atoms with van der Waals surface area (Å²) >= 11 is 0. The van der Waals surface area contributed by atoms with E-state index in [1.165, 1.54) is 38.5 Å². The normalized spacial score (nSPS) is 30.4. The van der Waals surface area contributed by atoms with Crippen LogP contribution in [0.15, 0.2) is 11.6 Å². The highest BCUT2D eigenvalue weighted by Crippen LogP contribution is 2.28. The number of unbranched alkanes of at least 4 members (excludes halogenated alkanes) is 5. The Bertz CT molecular complexity index is 447. The third-order valence-corrected chi connectivity index (χ3v) is 4.97. The lowest BCUT2D eigenvalue weighted by molar-refractivity contribution is -0.279. The van der Waals surface area contributed by atoms with Gasteiger partial charge in [0.05, 0.1) is 19.8 Å². The molecule has 0 aliphatic carbocycles. The predicted octanol–water partition coefficient (Wildman–Crippen LogP) is 4.17. The van der Waals surface area contributed by atoms with Crippen molar-refractivity contribution in [3.63, 3.8) is 0 Å². The smallest absolute Gasteiger partial charge is 0.164 e. The second kappa shape index (κ2) is 10.2. The van der Waals surface area contributed by atoms with Crippen molar-refractivity contribution in [1.82, 2.24) is 5.32 Å². The number of ether oxygens (including phenoxy) is 4. The van der Waals surface area contributed by atoms with Crippen LogP contribution in [0.25, 0.3) is 0 Å². The summed E-state index contributed by atoms with van der Waals surface area (Å²) in [5.74, 6) is -1.19. The summed E-state index contributed by atoms with van der Waals surface area (Å²) in [6.07, 6.45) is 9.96. The van der Waals surface area contributed by atoms with Gasteiger partial charge in [0, 0.05) is 6.04 Å². The summed E-state index contributed by atoms with van der Waals surface area (Å²) in [6, 6.07) is 0.150. The fraction of sp³-hybridized carbons (Fsp3) is 0.905. The summed E-state index contributed by atoms with van der Waals surface area (Å²) in [5, 5.41) is 3.63. The van der Waals surface area contributed by atoms with Gasteiger partial charge >= 0.3 is 0 Å². The maximum absolute atomic E-state index is 6.09. The molecule has 0 aromatic carbocycles. The summed E-state index contributed by atoms with van der Waals surface area (Å²) < 4.78 is 23.9. The average Bonchev–Trinajstić information content (AvgIpc) is 2.63. The van der Waals surface area contributed by atoms with Crippen LogP contribution in [0.2, 0.25) is 0 Å². The molecule has 0 bridgehead atoms. The van der Waals surface area contributed by atoms with E-state index in [2.05, 4.69) is 18.3 Å². The molecule has 0 aromatic rings. The van der Waals surface area contributed by atoms with Crippen LogP contribution in [0.5, 0.6) is 0 Å². The molecular formula is C21H39NO4. The van der Waals surface area contributed by atoms with Crippen LogP contribution >= 0.6 is 0 Å². The SMILES string of the molecule is CCCCCCCCN[C@@H]1/C=C2/COC(C)(C)O[C@@H]2COC(C)(C)OC1. The first-order valence-electron chi connectivity index (χ1n) is 10.3. The monoisotopic (exact) mass is 369 g/mol. The lowest BCUT2D eigenvalue weighted by Crippen LogP contribution is -2.44. The predicted molar refractivity (Wildman–Crippen MR) is 104 cm³/mol. The molecule has 5 heteroatoms. The van der Waals surface area contributed by atoms with Crippen molar-refractivity contribution in [3.8, 4) is 0 Å². The van der Waals surface area contributed by atoms with Gasteiger partial charge in [-0.3, -0.25) is 0 Å². The Morgan fingerprint density at radius 1 is 0.923 bits per heavy atom. The Labute approximate surface area is 159 Å². The third-order valence-electron chi connectivity index (χ3n) is 4.97. The molecule has 1 N–H and O–H groups in total. The molecule has 2 rings (SSSR count). The minimum Gasteiger partial charge on any atom is -0.349 e. The van der Waals surface area contributed by atoms with Crippen LogP contribution in [0, 0.1) is 0 Å². The van der Waals surface area contributed by atoms with E-state index >= 15 is 0 Å². The lowest BCUT2D eigenvalue weighted by Gasteiger charge is -2.38. The van der Waals surface area contributed by atoms with Crippen LogP contribution in [-0.4, -0.2) is 50.1 Å². The number of hydrogen-bond donors (Lipinski definition) is 1. The Morgan fingerprint density at radius 2 is 1.62 bits per heavy atom. The van der Waals surface area contributed by atoms with E-state index in [1.807, 2.05) is 27.7 Å². The molecule has 2 heterocycles. The molecule has 0 unspecified atom stereocenters. The fourth-order valence-corrected chi connectivity index (χ4v) is 3.32. The minimum atomic E-state index is -0.616. The van der Waals surface area contributed by atoms with Gasteiger partial charge in [0.25, 0.3) is 0 Å². The van der Waals surface area contributed by atoms with Crippen molar-refractivity contribution in [2.24, 2.45) is 0 Å². The van der Waals surface area contributed by atoms with Crippen LogP contribution < -0.4 is 5.32 Å². The number of hydrogen-bond acceptors (Lipinski definition) is 5. The van der Waals surface area contributed by atoms with Crippen molar-refractivity contribution in [3.05, 3.63) is 11.6 Å². The highest BCUT2D eigenvalue weighted by atomic mass is 16.7. The van der Waals surface area contributed by atoms with E-state index in [0.29, 0.717) is 19.8 Å². The van der Waals surface area contributed by atoms with Gasteiger partial charge in [0.1, 0.15) is 6.10 Å². The Hall–Kier alpha value is -0.460. The maximum Gasteiger partial charge on any atom is 0.164 e. The highest BCUT2D eigenvalue weighted by Gasteiger charge is 2.35. The Morgan fingerprint density at radius 3 is 2.38 bits per heavy atom. The zero-order chi connectivity index (χ0) is 19.0. The second-order valence-electron chi connectivity index (χ2n) is 8.39. The first-order chi connectivity index (χ1) is 12.3. The van der Waals surface area contributed by atoms with Crippen molar-refractivity contribution in [1.29, 1.82) is 0 Å². The largest absolute Gasteiger partial charge is 0.349 e. The molecule has 2 atom stereocenters. The van der Waals surface area contributed by atoms with Gasteiger partial charge in [-0.25, -0.2) is 0 Å². The fourth-order valence-electron chi connectivity index (χ4n) is 3.32. The Kier molecular flexibility index (Phi) is 8.55. The van der Waals surface area contributed by atoms with Crippen molar-refractivity contribution in [2.75, 3.05) is 26.4 Å². The molecule has 1 saturated heterocycles. The Balaban J connectivity index is 1.90. The first kappa shape index (κ1) is 21.8. The van der Waals surface area contributed by atoms with Gasteiger partial charge in [-0.05, 0) is 46.2 Å². The molecule has 0 aromatic heterocycles. The van der Waals surface area contributed by atoms with Crippen molar-refractivity contribution >= 4 is 0 Å². The van der Waals surface area contributed by atoms with E-state index in [-0.39, 0.29) is 12.1 Å². The molecule has 0 radical (unpaired) electrons. The van der Waals surface area contributed by atoms with Gasteiger partial charge in [-0.2, -0.15) is 0 Å². The molecule has 1 fully saturated rings. The second-order valence-corrected chi connectivity index (χ2v) is 8.39. The first-order valence-corrected chi connectivity index (χ1v) is 10.3. The quantitative estimate of drug-likeness (QED) is 0.514. The van der Waals surface area contributed by atoms with Crippen LogP contribution in [-0.2, 0) is 18.9 Å². The van der Waals surface area contributed by atoms with E-state index in [0.717, 1.165) is 12.1 Å². The van der Waals surface area contributed by atoms with E-state index in [1.54, 1.807) is 0 Å². The molecular weight excluding hydrogens is 330 g/mol. The van der Waals surface area contributed by atoms with Crippen LogP contribution in [0.3, 0.4) is 0 Å². The summed E-state index contributed by atoms with van der Waals surface area (Å²) in [7, 11) is 0. The van der Waals surface area contributed by atoms with Gasteiger partial charge in [-0.15, -0.1) is 0 Å². The number of rotatable bonds is 8. The molecule has 0 spiro atoms. The van der Waals surface area contributed by atoms with Crippen LogP contribution in [0.4, 0.5) is 0 Å². The standard InChI is InChI=1S/C21H39NO4/c1-6-7-8-9-10-11-12-22-18-13-17-14-23-21(4,5)26-19(17)16-25-20(2,3)24-15-18/h13,18-19,22H,6-12,14-16H2,1-5H3/b17-13-/t18-,19-/m1/s1. The molecule has 0 saturated carbocycles. The lowest BCUT2D eigenvalue weighted by atomic mass is 10.1. The molecule has 152 valence electrons. The zero-order valence-electron chi connectivity index (χ0n) is 17.4. The molecule has 5 nitrogen and oxygen atoms in total. The molecule has 2 aliphatic rings. The zero-order valence-corrected chi connectivity index (χ0v) is 17.4. The molecule has 0 amide bonds. The van der Waals surface area contributed by atoms with E-state index < -0.39 is 11.6 Å². The number of fused-ring (bicyclic) bond motifs is 1. The van der Waals surface area contributed by atoms with Crippen LogP contribution in [0.1, 0.15) is 73.1 Å². The van der Waals surface area contributed by atoms with Crippen molar-refractivity contribution in [2.45, 2.75) is 96.9 Å². The highest BCUT2D eigenvalue weighted by molar-refractivity contribution is 5.15. The summed E-state index contributed by atoms with van der Waals surface area (Å²) in [5.41, 5.74) is 1.14. The van der Waals surface area contributed by atoms with Gasteiger partial charge < -0.3 is 24.3 Å². The average molecular weight is 370 g/mol. The molecule has 26 heavy (non-hydrogen) atoms.